The molecular weight excluding hydrogens is 328 g/mol. The van der Waals surface area contributed by atoms with E-state index in [4.69, 9.17) is 4.74 Å². The van der Waals surface area contributed by atoms with E-state index < -0.39 is 5.41 Å². The molecule has 5 heteroatoms. The van der Waals surface area contributed by atoms with Gasteiger partial charge in [-0.15, -0.1) is 0 Å². The molecule has 1 aliphatic carbocycles. The second-order valence-corrected chi connectivity index (χ2v) is 8.15. The molecule has 0 saturated carbocycles. The van der Waals surface area contributed by atoms with Gasteiger partial charge in [-0.25, -0.2) is 4.79 Å². The maximum Gasteiger partial charge on any atom is 0.335 e. The van der Waals surface area contributed by atoms with Crippen LogP contribution in [0.5, 0.6) is 0 Å². The summed E-state index contributed by atoms with van der Waals surface area (Å²) >= 11 is 0. The summed E-state index contributed by atoms with van der Waals surface area (Å²) in [7, 11) is 1.45. The number of anilines is 1. The van der Waals surface area contributed by atoms with Crippen LogP contribution in [-0.4, -0.2) is 36.5 Å². The molecule has 136 valence electrons. The Labute approximate surface area is 153 Å². The lowest BCUT2D eigenvalue weighted by molar-refractivity contribution is -0.138. The monoisotopic (exact) mass is 352 g/mol. The average molecular weight is 352 g/mol. The number of hydrogen-bond donors (Lipinski definition) is 1. The lowest BCUT2D eigenvalue weighted by atomic mass is 9.53. The standard InChI is InChI=1S/C21H24N2O3/c1-3-20-9-6-10-23-16(24)12-21(19(20)23)14-7-4-5-8-15(14)22-17(21)13(11-20)18(25)26-2/h4-5,7-8,19,22H,3,6,9-12H2,1-2H3/t19-,20-,21-/m0/s1. The van der Waals surface area contributed by atoms with Crippen LogP contribution in [0.1, 0.15) is 44.6 Å². The number of carbonyl (C=O) groups excluding carboxylic acids is 2. The maximum absolute atomic E-state index is 13.1. The maximum atomic E-state index is 13.1. The third-order valence-electron chi connectivity index (χ3n) is 7.26. The van der Waals surface area contributed by atoms with E-state index in [0.29, 0.717) is 12.8 Å². The number of rotatable bonds is 2. The normalized spacial score (nSPS) is 34.2. The summed E-state index contributed by atoms with van der Waals surface area (Å²) in [4.78, 5) is 27.9. The molecule has 26 heavy (non-hydrogen) atoms. The van der Waals surface area contributed by atoms with Crippen molar-refractivity contribution < 1.29 is 14.3 Å². The number of benzene rings is 1. The fourth-order valence-electron chi connectivity index (χ4n) is 6.28. The van der Waals surface area contributed by atoms with Gasteiger partial charge in [-0.05, 0) is 42.7 Å². The molecule has 3 atom stereocenters. The molecule has 4 aliphatic rings. The van der Waals surface area contributed by atoms with Gasteiger partial charge in [-0.3, -0.25) is 4.79 Å². The number of methoxy groups -OCH3 is 1. The van der Waals surface area contributed by atoms with Crippen LogP contribution in [0, 0.1) is 5.41 Å². The summed E-state index contributed by atoms with van der Waals surface area (Å²) in [6.07, 6.45) is 4.14. The molecule has 5 nitrogen and oxygen atoms in total. The van der Waals surface area contributed by atoms with Crippen molar-refractivity contribution >= 4 is 17.6 Å². The number of carbonyl (C=O) groups is 2. The van der Waals surface area contributed by atoms with Crippen LogP contribution in [0.15, 0.2) is 35.5 Å². The zero-order valence-electron chi connectivity index (χ0n) is 15.3. The van der Waals surface area contributed by atoms with Gasteiger partial charge in [0.1, 0.15) is 0 Å². The first-order valence-corrected chi connectivity index (χ1v) is 9.55. The predicted molar refractivity (Wildman–Crippen MR) is 97.5 cm³/mol. The molecule has 1 spiro atoms. The molecule has 3 heterocycles. The van der Waals surface area contributed by atoms with Gasteiger partial charge in [0.05, 0.1) is 24.1 Å². The van der Waals surface area contributed by atoms with Gasteiger partial charge in [0, 0.05) is 24.4 Å². The van der Waals surface area contributed by atoms with Crippen molar-refractivity contribution in [2.45, 2.75) is 50.5 Å². The highest BCUT2D eigenvalue weighted by molar-refractivity contribution is 5.96. The first-order chi connectivity index (χ1) is 12.6. The number of para-hydroxylation sites is 1. The van der Waals surface area contributed by atoms with Gasteiger partial charge in [0.25, 0.3) is 0 Å². The first-order valence-electron chi connectivity index (χ1n) is 9.55. The van der Waals surface area contributed by atoms with Crippen molar-refractivity contribution in [1.82, 2.24) is 4.90 Å². The smallest absolute Gasteiger partial charge is 0.335 e. The first kappa shape index (κ1) is 15.9. The molecule has 1 aromatic rings. The summed E-state index contributed by atoms with van der Waals surface area (Å²) in [6, 6.07) is 8.34. The summed E-state index contributed by atoms with van der Waals surface area (Å²) in [6.45, 7) is 3.03. The molecule has 5 rings (SSSR count). The topological polar surface area (TPSA) is 58.6 Å². The van der Waals surface area contributed by atoms with Crippen LogP contribution < -0.4 is 5.32 Å². The fraction of sp³-hybridized carbons (Fsp3) is 0.524. The quantitative estimate of drug-likeness (QED) is 0.832. The Balaban J connectivity index is 1.84. The Hall–Kier alpha value is -2.30. The average Bonchev–Trinajstić information content (AvgIpc) is 3.17. The Morgan fingerprint density at radius 3 is 2.92 bits per heavy atom. The number of nitrogens with one attached hydrogen (secondary N) is 1. The van der Waals surface area contributed by atoms with Crippen LogP contribution in [0.25, 0.3) is 0 Å². The molecule has 0 bridgehead atoms. The predicted octanol–water partition coefficient (Wildman–Crippen LogP) is 2.97. The zero-order valence-corrected chi connectivity index (χ0v) is 15.3. The molecule has 0 aromatic heterocycles. The SMILES string of the molecule is CC[C@]12CCCN3C(=O)C[C@]4(C(=C(C(=O)OC)C1)Nc1ccccc14)[C@@H]32. The largest absolute Gasteiger partial charge is 0.466 e. The molecule has 0 radical (unpaired) electrons. The molecule has 3 aliphatic heterocycles. The Morgan fingerprint density at radius 2 is 2.15 bits per heavy atom. The van der Waals surface area contributed by atoms with Crippen molar-refractivity contribution in [3.63, 3.8) is 0 Å². The van der Waals surface area contributed by atoms with Crippen molar-refractivity contribution in [2.24, 2.45) is 5.41 Å². The number of nitrogens with zero attached hydrogens (tertiary/aromatic N) is 1. The van der Waals surface area contributed by atoms with E-state index in [-0.39, 0.29) is 23.3 Å². The minimum atomic E-state index is -0.439. The number of fused-ring (bicyclic) bond motifs is 1. The van der Waals surface area contributed by atoms with E-state index in [1.54, 1.807) is 0 Å². The van der Waals surface area contributed by atoms with E-state index in [2.05, 4.69) is 23.2 Å². The van der Waals surface area contributed by atoms with Crippen LogP contribution in [0.3, 0.4) is 0 Å². The second-order valence-electron chi connectivity index (χ2n) is 8.15. The van der Waals surface area contributed by atoms with Gasteiger partial charge < -0.3 is 15.0 Å². The van der Waals surface area contributed by atoms with Gasteiger partial charge in [-0.1, -0.05) is 25.1 Å². The van der Waals surface area contributed by atoms with Crippen LogP contribution >= 0.6 is 0 Å². The lowest BCUT2D eigenvalue weighted by Gasteiger charge is -2.55. The van der Waals surface area contributed by atoms with E-state index in [9.17, 15) is 9.59 Å². The molecule has 2 saturated heterocycles. The molecular formula is C21H24N2O3. The Bertz CT molecular complexity index is 861. The summed E-state index contributed by atoms with van der Waals surface area (Å²) < 4.78 is 5.16. The highest BCUT2D eigenvalue weighted by Gasteiger charge is 2.68. The van der Waals surface area contributed by atoms with E-state index in [0.717, 1.165) is 48.3 Å². The van der Waals surface area contributed by atoms with Gasteiger partial charge in [-0.2, -0.15) is 0 Å². The van der Waals surface area contributed by atoms with Crippen LogP contribution in [0.4, 0.5) is 5.69 Å². The number of esters is 1. The molecule has 1 aromatic carbocycles. The molecule has 1 N–H and O–H groups in total. The highest BCUT2D eigenvalue weighted by atomic mass is 16.5. The molecule has 2 fully saturated rings. The van der Waals surface area contributed by atoms with Crippen LogP contribution in [0.2, 0.25) is 0 Å². The lowest BCUT2D eigenvalue weighted by Crippen LogP contribution is -2.60. The van der Waals surface area contributed by atoms with Crippen molar-refractivity contribution in [3.05, 3.63) is 41.1 Å². The number of ether oxygens (including phenoxy) is 1. The third kappa shape index (κ3) is 1.67. The minimum Gasteiger partial charge on any atom is -0.466 e. The van der Waals surface area contributed by atoms with Crippen LogP contribution in [-0.2, 0) is 19.7 Å². The molecule has 1 amide bonds. The van der Waals surface area contributed by atoms with Crippen molar-refractivity contribution in [2.75, 3.05) is 19.0 Å². The van der Waals surface area contributed by atoms with E-state index >= 15 is 0 Å². The highest BCUT2D eigenvalue weighted by Crippen LogP contribution is 2.65. The Kier molecular flexibility index (Phi) is 3.13. The third-order valence-corrected chi connectivity index (χ3v) is 7.26. The number of amides is 1. The fourth-order valence-corrected chi connectivity index (χ4v) is 6.28. The summed E-state index contributed by atoms with van der Waals surface area (Å²) in [5, 5.41) is 3.51. The van der Waals surface area contributed by atoms with Crippen molar-refractivity contribution in [1.29, 1.82) is 0 Å². The minimum absolute atomic E-state index is 0.0590. The van der Waals surface area contributed by atoms with Crippen molar-refractivity contribution in [3.8, 4) is 0 Å². The van der Waals surface area contributed by atoms with Gasteiger partial charge in [0.15, 0.2) is 0 Å². The van der Waals surface area contributed by atoms with Gasteiger partial charge in [0.2, 0.25) is 5.91 Å². The Morgan fingerprint density at radius 1 is 1.35 bits per heavy atom. The van der Waals surface area contributed by atoms with E-state index in [1.807, 2.05) is 18.2 Å². The summed E-state index contributed by atoms with van der Waals surface area (Å²) in [5.41, 5.74) is 3.34. The molecule has 0 unspecified atom stereocenters. The number of piperidine rings is 1. The second kappa shape index (κ2) is 5.12. The summed E-state index contributed by atoms with van der Waals surface area (Å²) in [5.74, 6) is -0.0444. The zero-order chi connectivity index (χ0) is 18.1. The van der Waals surface area contributed by atoms with Gasteiger partial charge >= 0.3 is 5.97 Å². The number of hydrogen-bond acceptors (Lipinski definition) is 4. The van der Waals surface area contributed by atoms with E-state index in [1.165, 1.54) is 7.11 Å².